The fourth-order valence-corrected chi connectivity index (χ4v) is 2.01. The standard InChI is InChI=1S/C19H25NO3/c1-16(11-12-17-8-4-2-5-9-17)14-19(23)20-13-7-3-6-10-18(22)15-21/h2,4-5,8-9,11-12,14,21H,3,6-7,10,13,15H2,1H3,(H,20,23)/b12-11+,16-14+. The highest BCUT2D eigenvalue weighted by atomic mass is 16.3. The molecule has 0 aliphatic carbocycles. The maximum atomic E-state index is 11.7. The second-order valence-corrected chi connectivity index (χ2v) is 5.43. The van der Waals surface area contributed by atoms with Crippen LogP contribution in [0.4, 0.5) is 0 Å². The zero-order valence-corrected chi connectivity index (χ0v) is 13.6. The van der Waals surface area contributed by atoms with E-state index in [1.807, 2.05) is 49.4 Å². The van der Waals surface area contributed by atoms with Crippen molar-refractivity contribution in [2.75, 3.05) is 13.2 Å². The zero-order chi connectivity index (χ0) is 16.9. The van der Waals surface area contributed by atoms with Crippen molar-refractivity contribution < 1.29 is 14.7 Å². The molecule has 0 saturated heterocycles. The third-order valence-corrected chi connectivity index (χ3v) is 3.30. The summed E-state index contributed by atoms with van der Waals surface area (Å²) in [6, 6.07) is 9.92. The largest absolute Gasteiger partial charge is 0.389 e. The number of benzene rings is 1. The number of hydrogen-bond acceptors (Lipinski definition) is 3. The van der Waals surface area contributed by atoms with Gasteiger partial charge < -0.3 is 10.4 Å². The Morgan fingerprint density at radius 2 is 1.87 bits per heavy atom. The van der Waals surface area contributed by atoms with Gasteiger partial charge in [0.1, 0.15) is 6.61 Å². The molecule has 0 atom stereocenters. The molecule has 1 rings (SSSR count). The van der Waals surface area contributed by atoms with E-state index in [4.69, 9.17) is 5.11 Å². The van der Waals surface area contributed by atoms with Gasteiger partial charge in [-0.1, -0.05) is 48.9 Å². The lowest BCUT2D eigenvalue weighted by molar-refractivity contribution is -0.122. The Morgan fingerprint density at radius 3 is 2.57 bits per heavy atom. The van der Waals surface area contributed by atoms with Crippen molar-refractivity contribution in [1.82, 2.24) is 5.32 Å². The molecule has 0 aliphatic heterocycles. The van der Waals surface area contributed by atoms with Gasteiger partial charge in [0.05, 0.1) is 0 Å². The van der Waals surface area contributed by atoms with Crippen LogP contribution in [0.1, 0.15) is 38.2 Å². The first-order chi connectivity index (χ1) is 11.1. The van der Waals surface area contributed by atoms with Crippen LogP contribution in [0.25, 0.3) is 6.08 Å². The zero-order valence-electron chi connectivity index (χ0n) is 13.6. The number of unbranched alkanes of at least 4 members (excludes halogenated alkanes) is 2. The molecule has 0 saturated carbocycles. The minimum Gasteiger partial charge on any atom is -0.389 e. The van der Waals surface area contributed by atoms with E-state index in [-0.39, 0.29) is 18.3 Å². The molecule has 0 bridgehead atoms. The lowest BCUT2D eigenvalue weighted by atomic mass is 10.1. The van der Waals surface area contributed by atoms with Crippen LogP contribution >= 0.6 is 0 Å². The van der Waals surface area contributed by atoms with Crippen molar-refractivity contribution in [3.8, 4) is 0 Å². The number of amides is 1. The number of allylic oxidation sites excluding steroid dienone is 2. The Hall–Kier alpha value is -2.20. The SMILES string of the molecule is CC(/C=C/c1ccccc1)=C\C(=O)NCCCCCC(=O)CO. The number of carbonyl (C=O) groups excluding carboxylic acids is 2. The van der Waals surface area contributed by atoms with E-state index in [2.05, 4.69) is 5.32 Å². The van der Waals surface area contributed by atoms with Gasteiger partial charge in [0.25, 0.3) is 0 Å². The van der Waals surface area contributed by atoms with Crippen LogP contribution in [0.2, 0.25) is 0 Å². The Balaban J connectivity index is 2.21. The molecule has 0 spiro atoms. The van der Waals surface area contributed by atoms with E-state index in [1.54, 1.807) is 6.08 Å². The number of aliphatic hydroxyl groups is 1. The van der Waals surface area contributed by atoms with Crippen LogP contribution in [0, 0.1) is 0 Å². The molecule has 1 aromatic rings. The topological polar surface area (TPSA) is 66.4 Å². The van der Waals surface area contributed by atoms with Crippen molar-refractivity contribution in [3.63, 3.8) is 0 Å². The van der Waals surface area contributed by atoms with Gasteiger partial charge >= 0.3 is 0 Å². The average molecular weight is 315 g/mol. The second-order valence-electron chi connectivity index (χ2n) is 5.43. The van der Waals surface area contributed by atoms with Gasteiger partial charge in [-0.2, -0.15) is 0 Å². The van der Waals surface area contributed by atoms with Gasteiger partial charge in [-0.3, -0.25) is 9.59 Å². The molecule has 4 heteroatoms. The van der Waals surface area contributed by atoms with Gasteiger partial charge in [-0.05, 0) is 30.9 Å². The number of carbonyl (C=O) groups is 2. The third-order valence-electron chi connectivity index (χ3n) is 3.30. The first kappa shape index (κ1) is 18.8. The number of Topliss-reactive ketones (excluding diaryl/α,β-unsaturated/α-hetero) is 1. The summed E-state index contributed by atoms with van der Waals surface area (Å²) in [7, 11) is 0. The summed E-state index contributed by atoms with van der Waals surface area (Å²) in [5.74, 6) is -0.232. The van der Waals surface area contributed by atoms with Crippen molar-refractivity contribution in [1.29, 1.82) is 0 Å². The Kier molecular flexibility index (Phi) is 9.32. The van der Waals surface area contributed by atoms with Gasteiger partial charge in [-0.25, -0.2) is 0 Å². The fraction of sp³-hybridized carbons (Fsp3) is 0.368. The predicted molar refractivity (Wildman–Crippen MR) is 92.8 cm³/mol. The van der Waals surface area contributed by atoms with Crippen LogP contribution in [0.3, 0.4) is 0 Å². The summed E-state index contributed by atoms with van der Waals surface area (Å²) in [6.07, 6.45) is 8.32. The van der Waals surface area contributed by atoms with E-state index in [0.29, 0.717) is 13.0 Å². The third kappa shape index (κ3) is 9.42. The molecule has 0 unspecified atom stereocenters. The first-order valence-electron chi connectivity index (χ1n) is 7.93. The van der Waals surface area contributed by atoms with E-state index in [1.165, 1.54) is 0 Å². The second kappa shape index (κ2) is 11.4. The number of rotatable bonds is 10. The highest BCUT2D eigenvalue weighted by molar-refractivity contribution is 5.88. The van der Waals surface area contributed by atoms with Crippen LogP contribution in [0.15, 0.2) is 48.1 Å². The Bertz CT molecular complexity index is 547. The summed E-state index contributed by atoms with van der Waals surface area (Å²) in [4.78, 5) is 22.6. The summed E-state index contributed by atoms with van der Waals surface area (Å²) >= 11 is 0. The molecule has 0 aromatic heterocycles. The van der Waals surface area contributed by atoms with Crippen LogP contribution in [-0.4, -0.2) is 29.9 Å². The van der Waals surface area contributed by atoms with E-state index >= 15 is 0 Å². The summed E-state index contributed by atoms with van der Waals surface area (Å²) in [6.45, 7) is 2.11. The maximum absolute atomic E-state index is 11.7. The monoisotopic (exact) mass is 315 g/mol. The number of nitrogens with one attached hydrogen (secondary N) is 1. The molecule has 0 heterocycles. The quantitative estimate of drug-likeness (QED) is 0.396. The molecule has 0 fully saturated rings. The molecule has 0 aliphatic rings. The molecule has 23 heavy (non-hydrogen) atoms. The van der Waals surface area contributed by atoms with Crippen molar-refractivity contribution >= 4 is 17.8 Å². The van der Waals surface area contributed by atoms with Gasteiger partial charge in [-0.15, -0.1) is 0 Å². The number of aliphatic hydroxyl groups excluding tert-OH is 1. The smallest absolute Gasteiger partial charge is 0.244 e. The van der Waals surface area contributed by atoms with Crippen LogP contribution < -0.4 is 5.32 Å². The van der Waals surface area contributed by atoms with Crippen LogP contribution in [0.5, 0.6) is 0 Å². The molecule has 4 nitrogen and oxygen atoms in total. The molecular weight excluding hydrogens is 290 g/mol. The van der Waals surface area contributed by atoms with Gasteiger partial charge in [0, 0.05) is 19.0 Å². The number of ketones is 1. The predicted octanol–water partition coefficient (Wildman–Crippen LogP) is 2.88. The van der Waals surface area contributed by atoms with Crippen molar-refractivity contribution in [2.45, 2.75) is 32.6 Å². The van der Waals surface area contributed by atoms with Gasteiger partial charge in [0.2, 0.25) is 5.91 Å². The van der Waals surface area contributed by atoms with E-state index in [0.717, 1.165) is 30.4 Å². The summed E-state index contributed by atoms with van der Waals surface area (Å²) in [5, 5.41) is 11.4. The minimum absolute atomic E-state index is 0.105. The fourth-order valence-electron chi connectivity index (χ4n) is 2.01. The highest BCUT2D eigenvalue weighted by Gasteiger charge is 1.99. The molecule has 124 valence electrons. The van der Waals surface area contributed by atoms with Crippen LogP contribution in [-0.2, 0) is 9.59 Å². The summed E-state index contributed by atoms with van der Waals surface area (Å²) in [5.41, 5.74) is 1.98. The first-order valence-corrected chi connectivity index (χ1v) is 7.93. The highest BCUT2D eigenvalue weighted by Crippen LogP contribution is 2.04. The molecule has 1 aromatic carbocycles. The Morgan fingerprint density at radius 1 is 1.13 bits per heavy atom. The number of hydrogen-bond donors (Lipinski definition) is 2. The van der Waals surface area contributed by atoms with Gasteiger partial charge in [0.15, 0.2) is 5.78 Å². The molecule has 2 N–H and O–H groups in total. The lowest BCUT2D eigenvalue weighted by Crippen LogP contribution is -2.22. The van der Waals surface area contributed by atoms with Crippen molar-refractivity contribution in [3.05, 3.63) is 53.6 Å². The minimum atomic E-state index is -0.378. The lowest BCUT2D eigenvalue weighted by Gasteiger charge is -2.02. The van der Waals surface area contributed by atoms with E-state index in [9.17, 15) is 9.59 Å². The molecule has 1 amide bonds. The average Bonchev–Trinajstić information content (AvgIpc) is 2.56. The van der Waals surface area contributed by atoms with Crippen molar-refractivity contribution in [2.24, 2.45) is 0 Å². The summed E-state index contributed by atoms with van der Waals surface area (Å²) < 4.78 is 0. The maximum Gasteiger partial charge on any atom is 0.244 e. The normalized spacial score (nSPS) is 11.7. The molecular formula is C19H25NO3. The molecule has 0 radical (unpaired) electrons. The van der Waals surface area contributed by atoms with E-state index < -0.39 is 0 Å². The Labute approximate surface area is 137 Å².